The summed E-state index contributed by atoms with van der Waals surface area (Å²) in [5, 5.41) is 6.73. The average Bonchev–Trinajstić information content (AvgIpc) is 3.16. The fourth-order valence-electron chi connectivity index (χ4n) is 2.73. The molecular formula is C21H25N5. The van der Waals surface area contributed by atoms with Crippen LogP contribution in [0.3, 0.4) is 0 Å². The molecule has 2 N–H and O–H groups in total. The van der Waals surface area contributed by atoms with E-state index >= 15 is 0 Å². The Kier molecular flexibility index (Phi) is 6.04. The molecule has 0 atom stereocenters. The van der Waals surface area contributed by atoms with E-state index in [4.69, 9.17) is 0 Å². The van der Waals surface area contributed by atoms with Gasteiger partial charge in [0.15, 0.2) is 5.96 Å². The minimum absolute atomic E-state index is 0.728. The van der Waals surface area contributed by atoms with Crippen LogP contribution in [0.2, 0.25) is 0 Å². The van der Waals surface area contributed by atoms with E-state index in [1.807, 2.05) is 12.5 Å². The molecule has 5 nitrogen and oxygen atoms in total. The Morgan fingerprint density at radius 2 is 1.73 bits per heavy atom. The Morgan fingerprint density at radius 1 is 1.00 bits per heavy atom. The second kappa shape index (κ2) is 8.85. The second-order valence-electron chi connectivity index (χ2n) is 6.32. The molecule has 26 heavy (non-hydrogen) atoms. The molecule has 0 unspecified atom stereocenters. The summed E-state index contributed by atoms with van der Waals surface area (Å²) in [5.74, 6) is 0.797. The number of aliphatic imine (C=N–C) groups is 1. The van der Waals surface area contributed by atoms with Crippen LogP contribution in [-0.2, 0) is 19.6 Å². The van der Waals surface area contributed by atoms with E-state index in [1.165, 1.54) is 22.3 Å². The van der Waals surface area contributed by atoms with Crippen molar-refractivity contribution < 1.29 is 0 Å². The van der Waals surface area contributed by atoms with Crippen LogP contribution in [0.1, 0.15) is 22.3 Å². The number of nitrogens with zero attached hydrogens (tertiary/aromatic N) is 3. The minimum Gasteiger partial charge on any atom is -0.352 e. The Balaban J connectivity index is 1.52. The van der Waals surface area contributed by atoms with Crippen LogP contribution in [0.15, 0.2) is 72.2 Å². The van der Waals surface area contributed by atoms with Crippen molar-refractivity contribution in [3.05, 3.63) is 89.5 Å². The van der Waals surface area contributed by atoms with Crippen molar-refractivity contribution in [2.45, 2.75) is 26.6 Å². The predicted octanol–water partition coefficient (Wildman–Crippen LogP) is 3.11. The molecule has 0 spiro atoms. The maximum absolute atomic E-state index is 4.30. The lowest BCUT2D eigenvalue weighted by molar-refractivity contribution is 0.787. The smallest absolute Gasteiger partial charge is 0.191 e. The summed E-state index contributed by atoms with van der Waals surface area (Å²) in [6.45, 7) is 4.40. The monoisotopic (exact) mass is 347 g/mol. The van der Waals surface area contributed by atoms with Crippen molar-refractivity contribution in [1.82, 2.24) is 20.2 Å². The van der Waals surface area contributed by atoms with Gasteiger partial charge in [-0.2, -0.15) is 0 Å². The van der Waals surface area contributed by atoms with Crippen molar-refractivity contribution in [2.24, 2.45) is 4.99 Å². The number of guanidine groups is 1. The number of aromatic nitrogens is 2. The lowest BCUT2D eigenvalue weighted by Crippen LogP contribution is -2.36. The zero-order valence-corrected chi connectivity index (χ0v) is 15.3. The van der Waals surface area contributed by atoms with Gasteiger partial charge in [-0.3, -0.25) is 4.99 Å². The molecule has 2 aromatic carbocycles. The molecule has 0 radical (unpaired) electrons. The molecule has 0 aliphatic rings. The van der Waals surface area contributed by atoms with E-state index in [9.17, 15) is 0 Å². The number of aryl methyl sites for hydroxylation is 1. The van der Waals surface area contributed by atoms with Gasteiger partial charge < -0.3 is 15.2 Å². The number of benzene rings is 2. The molecule has 0 fully saturated rings. The Morgan fingerprint density at radius 3 is 2.42 bits per heavy atom. The van der Waals surface area contributed by atoms with Gasteiger partial charge in [0.1, 0.15) is 0 Å². The molecule has 0 saturated heterocycles. The zero-order chi connectivity index (χ0) is 18.2. The topological polar surface area (TPSA) is 54.2 Å². The Hall–Kier alpha value is -3.08. The number of rotatable bonds is 6. The third kappa shape index (κ3) is 5.21. The number of nitrogens with one attached hydrogen (secondary N) is 2. The first kappa shape index (κ1) is 17.7. The molecule has 134 valence electrons. The van der Waals surface area contributed by atoms with Crippen molar-refractivity contribution in [2.75, 3.05) is 7.05 Å². The van der Waals surface area contributed by atoms with E-state index in [0.29, 0.717) is 0 Å². The van der Waals surface area contributed by atoms with Crippen LogP contribution < -0.4 is 10.6 Å². The highest BCUT2D eigenvalue weighted by Gasteiger charge is 2.01. The van der Waals surface area contributed by atoms with Crippen LogP contribution in [0.25, 0.3) is 0 Å². The highest BCUT2D eigenvalue weighted by molar-refractivity contribution is 5.79. The molecule has 3 aromatic rings. The highest BCUT2D eigenvalue weighted by atomic mass is 15.2. The van der Waals surface area contributed by atoms with Crippen molar-refractivity contribution in [3.63, 3.8) is 0 Å². The summed E-state index contributed by atoms with van der Waals surface area (Å²) in [7, 11) is 1.79. The van der Waals surface area contributed by atoms with Crippen LogP contribution in [0, 0.1) is 6.92 Å². The fraction of sp³-hybridized carbons (Fsp3) is 0.238. The second-order valence-corrected chi connectivity index (χ2v) is 6.32. The van der Waals surface area contributed by atoms with Gasteiger partial charge in [-0.15, -0.1) is 0 Å². The van der Waals surface area contributed by atoms with E-state index in [0.717, 1.165) is 25.6 Å². The van der Waals surface area contributed by atoms with Crippen molar-refractivity contribution in [1.29, 1.82) is 0 Å². The SMILES string of the molecule is CN=C(NCc1ccc(C)cc1)NCc1cccc(Cn2ccnc2)c1. The molecule has 1 heterocycles. The van der Waals surface area contributed by atoms with Crippen LogP contribution >= 0.6 is 0 Å². The van der Waals surface area contributed by atoms with Gasteiger partial charge in [-0.05, 0) is 23.6 Å². The summed E-state index contributed by atoms with van der Waals surface area (Å²) in [4.78, 5) is 8.39. The first-order valence-electron chi connectivity index (χ1n) is 8.76. The molecule has 0 saturated carbocycles. The molecule has 0 aliphatic heterocycles. The lowest BCUT2D eigenvalue weighted by Gasteiger charge is -2.13. The maximum atomic E-state index is 4.30. The van der Waals surface area contributed by atoms with Gasteiger partial charge in [0.25, 0.3) is 0 Å². The Bertz CT molecular complexity index is 835. The van der Waals surface area contributed by atoms with Gasteiger partial charge in [0.05, 0.1) is 6.33 Å². The standard InChI is InChI=1S/C21H25N5/c1-17-6-8-18(9-7-17)13-24-21(22-2)25-14-19-4-3-5-20(12-19)15-26-11-10-23-16-26/h3-12,16H,13-15H2,1-2H3,(H2,22,24,25). The summed E-state index contributed by atoms with van der Waals surface area (Å²) in [6, 6.07) is 17.1. The molecule has 0 aliphatic carbocycles. The van der Waals surface area contributed by atoms with E-state index in [1.54, 1.807) is 13.2 Å². The first-order valence-corrected chi connectivity index (χ1v) is 8.76. The van der Waals surface area contributed by atoms with E-state index in [-0.39, 0.29) is 0 Å². The van der Waals surface area contributed by atoms with Crippen LogP contribution in [-0.4, -0.2) is 22.6 Å². The largest absolute Gasteiger partial charge is 0.352 e. The van der Waals surface area contributed by atoms with Gasteiger partial charge in [-0.25, -0.2) is 4.98 Å². The molecule has 0 amide bonds. The van der Waals surface area contributed by atoms with Crippen LogP contribution in [0.4, 0.5) is 0 Å². The maximum Gasteiger partial charge on any atom is 0.191 e. The number of hydrogen-bond acceptors (Lipinski definition) is 2. The Labute approximate surface area is 154 Å². The van der Waals surface area contributed by atoms with Gasteiger partial charge in [0.2, 0.25) is 0 Å². The quantitative estimate of drug-likeness (QED) is 0.532. The summed E-state index contributed by atoms with van der Waals surface area (Å²) in [6.07, 6.45) is 5.61. The van der Waals surface area contributed by atoms with Crippen molar-refractivity contribution in [3.8, 4) is 0 Å². The fourth-order valence-corrected chi connectivity index (χ4v) is 2.73. The highest BCUT2D eigenvalue weighted by Crippen LogP contribution is 2.07. The molecule has 1 aromatic heterocycles. The molecule has 0 bridgehead atoms. The van der Waals surface area contributed by atoms with Gasteiger partial charge >= 0.3 is 0 Å². The average molecular weight is 347 g/mol. The molecule has 3 rings (SSSR count). The normalized spacial score (nSPS) is 11.4. The van der Waals surface area contributed by atoms with Crippen molar-refractivity contribution >= 4 is 5.96 Å². The lowest BCUT2D eigenvalue weighted by atomic mass is 10.1. The number of imidazole rings is 1. The third-order valence-corrected chi connectivity index (χ3v) is 4.18. The van der Waals surface area contributed by atoms with Gasteiger partial charge in [-0.1, -0.05) is 54.1 Å². The summed E-state index contributed by atoms with van der Waals surface area (Å²) < 4.78 is 2.06. The predicted molar refractivity (Wildman–Crippen MR) is 106 cm³/mol. The van der Waals surface area contributed by atoms with Gasteiger partial charge in [0, 0.05) is 39.1 Å². The minimum atomic E-state index is 0.728. The summed E-state index contributed by atoms with van der Waals surface area (Å²) in [5.41, 5.74) is 4.98. The van der Waals surface area contributed by atoms with E-state index < -0.39 is 0 Å². The first-order chi connectivity index (χ1) is 12.7. The zero-order valence-electron chi connectivity index (χ0n) is 15.3. The third-order valence-electron chi connectivity index (χ3n) is 4.18. The van der Waals surface area contributed by atoms with E-state index in [2.05, 4.69) is 80.6 Å². The molecular weight excluding hydrogens is 322 g/mol. The van der Waals surface area contributed by atoms with Crippen LogP contribution in [0.5, 0.6) is 0 Å². The summed E-state index contributed by atoms with van der Waals surface area (Å²) >= 11 is 0. The molecule has 5 heteroatoms. The number of hydrogen-bond donors (Lipinski definition) is 2.